The molecule has 7 nitrogen and oxygen atoms in total. The minimum absolute atomic E-state index is 0.125. The molecule has 1 aromatic carbocycles. The molecule has 1 aromatic rings. The van der Waals surface area contributed by atoms with E-state index < -0.39 is 12.1 Å². The Morgan fingerprint density at radius 1 is 1.26 bits per heavy atom. The van der Waals surface area contributed by atoms with Crippen LogP contribution in [0.2, 0.25) is 0 Å². The first kappa shape index (κ1) is 19.2. The van der Waals surface area contributed by atoms with Crippen molar-refractivity contribution in [3.05, 3.63) is 24.3 Å². The highest BCUT2D eigenvalue weighted by atomic mass is 16.5. The minimum Gasteiger partial charge on any atom is -0.482 e. The quantitative estimate of drug-likeness (QED) is 0.770. The molecule has 1 saturated carbocycles. The van der Waals surface area contributed by atoms with Crippen molar-refractivity contribution in [3.8, 4) is 5.75 Å². The van der Waals surface area contributed by atoms with Crippen molar-refractivity contribution in [3.63, 3.8) is 0 Å². The van der Waals surface area contributed by atoms with Crippen LogP contribution < -0.4 is 15.0 Å². The molecule has 0 saturated heterocycles. The Bertz CT molecular complexity index is 712. The van der Waals surface area contributed by atoms with Gasteiger partial charge in [0.05, 0.1) is 5.69 Å². The number of anilines is 1. The second-order valence-corrected chi connectivity index (χ2v) is 7.38. The summed E-state index contributed by atoms with van der Waals surface area (Å²) in [5.41, 5.74) is 0.530. The first-order valence-corrected chi connectivity index (χ1v) is 9.47. The third kappa shape index (κ3) is 4.59. The summed E-state index contributed by atoms with van der Waals surface area (Å²) < 4.78 is 10.8. The number of nitrogens with one attached hydrogen (secondary N) is 1. The average molecular weight is 374 g/mol. The Hall–Kier alpha value is -2.57. The molecule has 0 aromatic heterocycles. The van der Waals surface area contributed by atoms with Crippen molar-refractivity contribution < 1.29 is 23.9 Å². The molecule has 1 N–H and O–H groups in total. The minimum atomic E-state index is -0.871. The van der Waals surface area contributed by atoms with E-state index in [-0.39, 0.29) is 36.9 Å². The largest absolute Gasteiger partial charge is 0.482 e. The highest BCUT2D eigenvalue weighted by molar-refractivity contribution is 6.01. The van der Waals surface area contributed by atoms with Gasteiger partial charge in [0.15, 0.2) is 12.7 Å². The summed E-state index contributed by atoms with van der Waals surface area (Å²) in [6.07, 6.45) is 3.27. The van der Waals surface area contributed by atoms with Crippen LogP contribution in [-0.4, -0.2) is 43.1 Å². The van der Waals surface area contributed by atoms with Gasteiger partial charge in [0.25, 0.3) is 11.8 Å². The number of rotatable bonds is 6. The number of ether oxygens (including phenoxy) is 2. The van der Waals surface area contributed by atoms with Crippen LogP contribution in [0.5, 0.6) is 5.75 Å². The van der Waals surface area contributed by atoms with Gasteiger partial charge in [-0.2, -0.15) is 0 Å². The molecule has 1 aliphatic heterocycles. The Labute approximate surface area is 159 Å². The maximum absolute atomic E-state index is 12.5. The molecule has 1 heterocycles. The van der Waals surface area contributed by atoms with Gasteiger partial charge in [0.1, 0.15) is 12.3 Å². The molecule has 0 bridgehead atoms. The Balaban J connectivity index is 1.64. The molecule has 1 fully saturated rings. The average Bonchev–Trinajstić information content (AvgIpc) is 3.14. The SMILES string of the molecule is CC(C)C(OC(=O)CN1C(=O)COc2ccccc21)C(=O)NC1CCCC1. The molecular weight excluding hydrogens is 348 g/mol. The molecule has 1 atom stereocenters. The maximum atomic E-state index is 12.5. The third-order valence-electron chi connectivity index (χ3n) is 4.92. The van der Waals surface area contributed by atoms with Crippen LogP contribution >= 0.6 is 0 Å². The van der Waals surface area contributed by atoms with Gasteiger partial charge in [-0.15, -0.1) is 0 Å². The monoisotopic (exact) mass is 374 g/mol. The highest BCUT2D eigenvalue weighted by Gasteiger charge is 2.32. The standard InChI is InChI=1S/C20H26N2O5/c1-13(2)19(20(25)21-14-7-3-4-8-14)27-18(24)11-22-15-9-5-6-10-16(15)26-12-17(22)23/h5-6,9-10,13-14,19H,3-4,7-8,11-12H2,1-2H3,(H,21,25). The van der Waals surface area contributed by atoms with Crippen LogP contribution in [0.1, 0.15) is 39.5 Å². The van der Waals surface area contributed by atoms with Crippen molar-refractivity contribution in [2.75, 3.05) is 18.1 Å². The Kier molecular flexibility index (Phi) is 5.98. The first-order valence-electron chi connectivity index (χ1n) is 9.47. The van der Waals surface area contributed by atoms with Crippen LogP contribution in [0.15, 0.2) is 24.3 Å². The summed E-state index contributed by atoms with van der Waals surface area (Å²) in [6, 6.07) is 7.18. The van der Waals surface area contributed by atoms with Gasteiger partial charge >= 0.3 is 5.97 Å². The van der Waals surface area contributed by atoms with Gasteiger partial charge in [0.2, 0.25) is 0 Å². The lowest BCUT2D eigenvalue weighted by molar-refractivity contribution is -0.158. The van der Waals surface area contributed by atoms with Crippen molar-refractivity contribution in [2.24, 2.45) is 5.92 Å². The second kappa shape index (κ2) is 8.41. The highest BCUT2D eigenvalue weighted by Crippen LogP contribution is 2.31. The van der Waals surface area contributed by atoms with Crippen LogP contribution in [0.25, 0.3) is 0 Å². The zero-order valence-corrected chi connectivity index (χ0v) is 15.8. The van der Waals surface area contributed by atoms with Gasteiger partial charge in [-0.3, -0.25) is 19.3 Å². The van der Waals surface area contributed by atoms with Crippen LogP contribution in [-0.2, 0) is 19.1 Å². The fourth-order valence-electron chi connectivity index (χ4n) is 3.48. The first-order chi connectivity index (χ1) is 13.0. The number of fused-ring (bicyclic) bond motifs is 1. The predicted molar refractivity (Wildman–Crippen MR) is 99.4 cm³/mol. The van der Waals surface area contributed by atoms with Crippen molar-refractivity contribution in [1.29, 1.82) is 0 Å². The summed E-state index contributed by atoms with van der Waals surface area (Å²) in [5.74, 6) is -0.811. The molecule has 2 amide bonds. The predicted octanol–water partition coefficient (Wildman–Crippen LogP) is 2.04. The van der Waals surface area contributed by atoms with Crippen LogP contribution in [0.4, 0.5) is 5.69 Å². The molecule has 3 rings (SSSR count). The van der Waals surface area contributed by atoms with Gasteiger partial charge in [-0.25, -0.2) is 0 Å². The summed E-state index contributed by atoms with van der Waals surface area (Å²) in [4.78, 5) is 38.6. The Morgan fingerprint density at radius 3 is 2.67 bits per heavy atom. The fourth-order valence-corrected chi connectivity index (χ4v) is 3.48. The van der Waals surface area contributed by atoms with E-state index in [4.69, 9.17) is 9.47 Å². The Morgan fingerprint density at radius 2 is 1.96 bits per heavy atom. The molecule has 2 aliphatic rings. The van der Waals surface area contributed by atoms with Gasteiger partial charge in [0, 0.05) is 6.04 Å². The van der Waals surface area contributed by atoms with E-state index in [0.717, 1.165) is 25.7 Å². The lowest BCUT2D eigenvalue weighted by Gasteiger charge is -2.29. The molecule has 0 radical (unpaired) electrons. The number of nitrogens with zero attached hydrogens (tertiary/aromatic N) is 1. The number of amides is 2. The lowest BCUT2D eigenvalue weighted by Crippen LogP contribution is -2.47. The third-order valence-corrected chi connectivity index (χ3v) is 4.92. The summed E-state index contributed by atoms with van der Waals surface area (Å²) in [6.45, 7) is 3.29. The number of carbonyl (C=O) groups is 3. The van der Waals surface area contributed by atoms with Crippen LogP contribution in [0.3, 0.4) is 0 Å². The summed E-state index contributed by atoms with van der Waals surface area (Å²) in [5, 5.41) is 2.98. The van der Waals surface area contributed by atoms with Gasteiger partial charge < -0.3 is 14.8 Å². The maximum Gasteiger partial charge on any atom is 0.326 e. The summed E-state index contributed by atoms with van der Waals surface area (Å²) >= 11 is 0. The van der Waals surface area contributed by atoms with Crippen molar-refractivity contribution >= 4 is 23.5 Å². The molecular formula is C20H26N2O5. The second-order valence-electron chi connectivity index (χ2n) is 7.38. The zero-order chi connectivity index (χ0) is 19.4. The topological polar surface area (TPSA) is 84.9 Å². The normalized spacial score (nSPS) is 18.0. The van der Waals surface area contributed by atoms with Gasteiger partial charge in [-0.1, -0.05) is 38.8 Å². The van der Waals surface area contributed by atoms with E-state index in [1.165, 1.54) is 4.90 Å². The molecule has 7 heteroatoms. The van der Waals surface area contributed by atoms with E-state index in [1.54, 1.807) is 24.3 Å². The molecule has 0 spiro atoms. The molecule has 1 unspecified atom stereocenters. The number of para-hydroxylation sites is 2. The number of carbonyl (C=O) groups excluding carboxylic acids is 3. The zero-order valence-electron chi connectivity index (χ0n) is 15.8. The van der Waals surface area contributed by atoms with E-state index in [0.29, 0.717) is 11.4 Å². The number of benzene rings is 1. The smallest absolute Gasteiger partial charge is 0.326 e. The van der Waals surface area contributed by atoms with Crippen LogP contribution in [0, 0.1) is 5.92 Å². The van der Waals surface area contributed by atoms with Crippen molar-refractivity contribution in [1.82, 2.24) is 5.32 Å². The lowest BCUT2D eigenvalue weighted by atomic mass is 10.1. The number of esters is 1. The van der Waals surface area contributed by atoms with E-state index in [2.05, 4.69) is 5.32 Å². The molecule has 1 aliphatic carbocycles. The van der Waals surface area contributed by atoms with Gasteiger partial charge in [-0.05, 0) is 30.9 Å². The molecule has 27 heavy (non-hydrogen) atoms. The fraction of sp³-hybridized carbons (Fsp3) is 0.550. The van der Waals surface area contributed by atoms with E-state index >= 15 is 0 Å². The van der Waals surface area contributed by atoms with E-state index in [1.807, 2.05) is 13.8 Å². The summed E-state index contributed by atoms with van der Waals surface area (Å²) in [7, 11) is 0. The number of hydrogen-bond donors (Lipinski definition) is 1. The molecule has 146 valence electrons. The van der Waals surface area contributed by atoms with Crippen molar-refractivity contribution in [2.45, 2.75) is 51.7 Å². The van der Waals surface area contributed by atoms with E-state index in [9.17, 15) is 14.4 Å². The number of hydrogen-bond acceptors (Lipinski definition) is 5.